The van der Waals surface area contributed by atoms with Gasteiger partial charge in [0.2, 0.25) is 0 Å². The smallest absolute Gasteiger partial charge is 0.141 e. The lowest BCUT2D eigenvalue weighted by Gasteiger charge is -2.28. The van der Waals surface area contributed by atoms with Crippen molar-refractivity contribution >= 4 is 5.82 Å². The Morgan fingerprint density at radius 3 is 3.00 bits per heavy atom. The minimum atomic E-state index is -0.341. The summed E-state index contributed by atoms with van der Waals surface area (Å²) in [5, 5.41) is 0. The van der Waals surface area contributed by atoms with E-state index in [0.717, 1.165) is 30.9 Å². The van der Waals surface area contributed by atoms with Crippen LogP contribution in [-0.2, 0) is 11.3 Å². The van der Waals surface area contributed by atoms with E-state index in [1.807, 2.05) is 0 Å². The fourth-order valence-electron chi connectivity index (χ4n) is 2.13. The average molecular weight is 251 g/mol. The summed E-state index contributed by atoms with van der Waals surface area (Å²) in [6, 6.07) is 1.46. The summed E-state index contributed by atoms with van der Waals surface area (Å²) in [6.07, 6.45) is 4.32. The molecule has 0 aliphatic carbocycles. The van der Waals surface area contributed by atoms with E-state index >= 15 is 0 Å². The van der Waals surface area contributed by atoms with E-state index < -0.39 is 0 Å². The lowest BCUT2D eigenvalue weighted by atomic mass is 10.1. The SMILES string of the molecule is COCC1=CCN(c2ncc(F)cc2CN)CC1. The van der Waals surface area contributed by atoms with Crippen LogP contribution in [0.4, 0.5) is 10.2 Å². The quantitative estimate of drug-likeness (QED) is 0.823. The molecule has 0 saturated carbocycles. The first kappa shape index (κ1) is 13.0. The van der Waals surface area contributed by atoms with Gasteiger partial charge in [-0.15, -0.1) is 0 Å². The van der Waals surface area contributed by atoms with Gasteiger partial charge >= 0.3 is 0 Å². The maximum atomic E-state index is 13.1. The molecule has 0 amide bonds. The molecular formula is C13H18FN3O. The van der Waals surface area contributed by atoms with Crippen LogP contribution in [0.3, 0.4) is 0 Å². The predicted molar refractivity (Wildman–Crippen MR) is 68.9 cm³/mol. The number of hydrogen-bond acceptors (Lipinski definition) is 4. The zero-order chi connectivity index (χ0) is 13.0. The molecule has 0 aromatic carbocycles. The topological polar surface area (TPSA) is 51.4 Å². The minimum absolute atomic E-state index is 0.297. The molecule has 0 bridgehead atoms. The van der Waals surface area contributed by atoms with Crippen molar-refractivity contribution in [2.75, 3.05) is 31.7 Å². The van der Waals surface area contributed by atoms with Crippen LogP contribution in [0, 0.1) is 5.82 Å². The first-order valence-electron chi connectivity index (χ1n) is 6.01. The number of halogens is 1. The first-order valence-corrected chi connectivity index (χ1v) is 6.01. The van der Waals surface area contributed by atoms with Crippen molar-refractivity contribution in [1.29, 1.82) is 0 Å². The molecule has 2 rings (SSSR count). The number of pyridine rings is 1. The minimum Gasteiger partial charge on any atom is -0.380 e. The van der Waals surface area contributed by atoms with Crippen LogP contribution in [0.1, 0.15) is 12.0 Å². The Morgan fingerprint density at radius 2 is 2.39 bits per heavy atom. The lowest BCUT2D eigenvalue weighted by molar-refractivity contribution is 0.222. The van der Waals surface area contributed by atoms with E-state index in [2.05, 4.69) is 16.0 Å². The molecular weight excluding hydrogens is 233 g/mol. The van der Waals surface area contributed by atoms with Crippen LogP contribution in [0.2, 0.25) is 0 Å². The van der Waals surface area contributed by atoms with Crippen molar-refractivity contribution in [3.05, 3.63) is 35.3 Å². The van der Waals surface area contributed by atoms with Gasteiger partial charge in [0, 0.05) is 32.3 Å². The van der Waals surface area contributed by atoms with Crippen LogP contribution in [0.25, 0.3) is 0 Å². The van der Waals surface area contributed by atoms with Gasteiger partial charge in [-0.25, -0.2) is 9.37 Å². The molecule has 0 saturated heterocycles. The van der Waals surface area contributed by atoms with E-state index in [0.29, 0.717) is 13.2 Å². The summed E-state index contributed by atoms with van der Waals surface area (Å²) in [5.74, 6) is 0.443. The summed E-state index contributed by atoms with van der Waals surface area (Å²) in [4.78, 5) is 6.27. The molecule has 2 N–H and O–H groups in total. The molecule has 0 radical (unpaired) electrons. The molecule has 18 heavy (non-hydrogen) atoms. The summed E-state index contributed by atoms with van der Waals surface area (Å²) < 4.78 is 18.2. The lowest BCUT2D eigenvalue weighted by Crippen LogP contribution is -2.31. The van der Waals surface area contributed by atoms with E-state index in [4.69, 9.17) is 10.5 Å². The van der Waals surface area contributed by atoms with Crippen molar-refractivity contribution in [2.24, 2.45) is 5.73 Å². The molecule has 0 unspecified atom stereocenters. The van der Waals surface area contributed by atoms with E-state index in [9.17, 15) is 4.39 Å². The largest absolute Gasteiger partial charge is 0.380 e. The summed E-state index contributed by atoms with van der Waals surface area (Å²) in [6.45, 7) is 2.60. The molecule has 4 nitrogen and oxygen atoms in total. The fraction of sp³-hybridized carbons (Fsp3) is 0.462. The molecule has 1 aromatic rings. The van der Waals surface area contributed by atoms with Crippen molar-refractivity contribution in [1.82, 2.24) is 4.98 Å². The van der Waals surface area contributed by atoms with Gasteiger partial charge in [-0.05, 0) is 18.1 Å². The van der Waals surface area contributed by atoms with Gasteiger partial charge in [-0.2, -0.15) is 0 Å². The molecule has 0 fully saturated rings. The van der Waals surface area contributed by atoms with Gasteiger partial charge in [0.15, 0.2) is 0 Å². The number of nitrogens with zero attached hydrogens (tertiary/aromatic N) is 2. The highest BCUT2D eigenvalue weighted by Gasteiger charge is 2.16. The highest BCUT2D eigenvalue weighted by molar-refractivity contribution is 5.48. The summed E-state index contributed by atoms with van der Waals surface area (Å²) >= 11 is 0. The van der Waals surface area contributed by atoms with Gasteiger partial charge in [-0.3, -0.25) is 0 Å². The Hall–Kier alpha value is -1.46. The van der Waals surface area contributed by atoms with Crippen molar-refractivity contribution in [3.8, 4) is 0 Å². The summed E-state index contributed by atoms with van der Waals surface area (Å²) in [5.41, 5.74) is 7.68. The van der Waals surface area contributed by atoms with Crippen LogP contribution in [-0.4, -0.2) is 31.8 Å². The highest BCUT2D eigenvalue weighted by Crippen LogP contribution is 2.22. The molecule has 0 spiro atoms. The number of aromatic nitrogens is 1. The van der Waals surface area contributed by atoms with Gasteiger partial charge < -0.3 is 15.4 Å². The van der Waals surface area contributed by atoms with E-state index in [-0.39, 0.29) is 5.82 Å². The number of methoxy groups -OCH3 is 1. The number of nitrogens with two attached hydrogens (primary N) is 1. The third-order valence-corrected chi connectivity index (χ3v) is 3.06. The monoisotopic (exact) mass is 251 g/mol. The Labute approximate surface area is 106 Å². The number of anilines is 1. The zero-order valence-corrected chi connectivity index (χ0v) is 10.5. The van der Waals surface area contributed by atoms with E-state index in [1.165, 1.54) is 17.8 Å². The number of ether oxygens (including phenoxy) is 1. The molecule has 1 aromatic heterocycles. The molecule has 98 valence electrons. The third-order valence-electron chi connectivity index (χ3n) is 3.06. The first-order chi connectivity index (χ1) is 8.74. The van der Waals surface area contributed by atoms with Gasteiger partial charge in [0.25, 0.3) is 0 Å². The van der Waals surface area contributed by atoms with Crippen LogP contribution >= 0.6 is 0 Å². The molecule has 2 heterocycles. The third kappa shape index (κ3) is 2.86. The summed E-state index contributed by atoms with van der Waals surface area (Å²) in [7, 11) is 1.70. The van der Waals surface area contributed by atoms with Crippen LogP contribution in [0.5, 0.6) is 0 Å². The molecule has 1 aliphatic heterocycles. The number of rotatable bonds is 4. The Bertz CT molecular complexity index is 448. The maximum Gasteiger partial charge on any atom is 0.141 e. The fourth-order valence-corrected chi connectivity index (χ4v) is 2.13. The molecule has 0 atom stereocenters. The van der Waals surface area contributed by atoms with Gasteiger partial charge in [0.05, 0.1) is 12.8 Å². The average Bonchev–Trinajstić information content (AvgIpc) is 2.40. The van der Waals surface area contributed by atoms with E-state index in [1.54, 1.807) is 7.11 Å². The Balaban J connectivity index is 2.14. The molecule has 5 heteroatoms. The van der Waals surface area contributed by atoms with Crippen molar-refractivity contribution < 1.29 is 9.13 Å². The van der Waals surface area contributed by atoms with Gasteiger partial charge in [-0.1, -0.05) is 6.08 Å². The maximum absolute atomic E-state index is 13.1. The Morgan fingerprint density at radius 1 is 1.56 bits per heavy atom. The van der Waals surface area contributed by atoms with Crippen LogP contribution < -0.4 is 10.6 Å². The second kappa shape index (κ2) is 5.93. The Kier molecular flexibility index (Phi) is 4.28. The number of hydrogen-bond donors (Lipinski definition) is 1. The van der Waals surface area contributed by atoms with Crippen LogP contribution in [0.15, 0.2) is 23.9 Å². The molecule has 1 aliphatic rings. The van der Waals surface area contributed by atoms with Gasteiger partial charge in [0.1, 0.15) is 11.6 Å². The normalized spacial score (nSPS) is 15.7. The standard InChI is InChI=1S/C13H18FN3O/c1-18-9-10-2-4-17(5-3-10)13-11(7-15)6-12(14)8-16-13/h2,6,8H,3-5,7,9,15H2,1H3. The second-order valence-electron chi connectivity index (χ2n) is 4.33. The zero-order valence-electron chi connectivity index (χ0n) is 10.5. The highest BCUT2D eigenvalue weighted by atomic mass is 19.1. The predicted octanol–water partition coefficient (Wildman–Crippen LogP) is 1.46. The second-order valence-corrected chi connectivity index (χ2v) is 4.33. The van der Waals surface area contributed by atoms with Crippen molar-refractivity contribution in [2.45, 2.75) is 13.0 Å². The van der Waals surface area contributed by atoms with Crippen molar-refractivity contribution in [3.63, 3.8) is 0 Å².